The van der Waals surface area contributed by atoms with Gasteiger partial charge in [0.1, 0.15) is 0 Å². The van der Waals surface area contributed by atoms with E-state index in [1.54, 1.807) is 4.90 Å². The third-order valence-electron chi connectivity index (χ3n) is 3.65. The smallest absolute Gasteiger partial charge is 0.227 e. The Morgan fingerprint density at radius 3 is 2.47 bits per heavy atom. The molecule has 92 valence electrons. The summed E-state index contributed by atoms with van der Waals surface area (Å²) in [4.78, 5) is 13.7. The molecule has 1 saturated heterocycles. The van der Waals surface area contributed by atoms with Crippen LogP contribution in [0.4, 0.5) is 5.69 Å². The zero-order valence-corrected chi connectivity index (χ0v) is 10.4. The second kappa shape index (κ2) is 4.88. The first-order chi connectivity index (χ1) is 8.17. The Balaban J connectivity index is 2.23. The molecule has 1 aromatic rings. The van der Waals surface area contributed by atoms with Gasteiger partial charge in [-0.15, -0.1) is 0 Å². The van der Waals surface area contributed by atoms with Crippen molar-refractivity contribution >= 4 is 11.6 Å². The largest absolute Gasteiger partial charge is 0.396 e. The van der Waals surface area contributed by atoms with Gasteiger partial charge >= 0.3 is 0 Å². The van der Waals surface area contributed by atoms with E-state index in [0.29, 0.717) is 6.42 Å². The van der Waals surface area contributed by atoms with Gasteiger partial charge in [0, 0.05) is 30.7 Å². The van der Waals surface area contributed by atoms with Crippen molar-refractivity contribution in [3.8, 4) is 0 Å². The van der Waals surface area contributed by atoms with E-state index >= 15 is 0 Å². The van der Waals surface area contributed by atoms with E-state index in [1.165, 1.54) is 5.56 Å². The average Bonchev–Trinajstić information content (AvgIpc) is 2.64. The van der Waals surface area contributed by atoms with Crippen LogP contribution in [0.2, 0.25) is 0 Å². The van der Waals surface area contributed by atoms with Crippen molar-refractivity contribution < 1.29 is 9.90 Å². The highest BCUT2D eigenvalue weighted by Crippen LogP contribution is 2.30. The quantitative estimate of drug-likeness (QED) is 0.867. The van der Waals surface area contributed by atoms with Crippen molar-refractivity contribution in [3.05, 3.63) is 29.8 Å². The lowest BCUT2D eigenvalue weighted by atomic mass is 10.0. The molecule has 0 aliphatic carbocycles. The van der Waals surface area contributed by atoms with Crippen LogP contribution in [-0.2, 0) is 11.2 Å². The van der Waals surface area contributed by atoms with Crippen molar-refractivity contribution in [2.75, 3.05) is 11.5 Å². The van der Waals surface area contributed by atoms with E-state index < -0.39 is 0 Å². The minimum atomic E-state index is 0.0633. The number of aliphatic hydroxyl groups excluding tert-OH is 1. The SMILES string of the molecule is CCc1ccc(N2C(=O)CC(CO)C2C)cc1. The van der Waals surface area contributed by atoms with Crippen molar-refractivity contribution in [2.45, 2.75) is 32.7 Å². The van der Waals surface area contributed by atoms with Crippen LogP contribution in [0.5, 0.6) is 0 Å². The molecule has 17 heavy (non-hydrogen) atoms. The monoisotopic (exact) mass is 233 g/mol. The van der Waals surface area contributed by atoms with Gasteiger partial charge in [-0.25, -0.2) is 0 Å². The summed E-state index contributed by atoms with van der Waals surface area (Å²) >= 11 is 0. The number of rotatable bonds is 3. The molecule has 3 nitrogen and oxygen atoms in total. The highest BCUT2D eigenvalue weighted by atomic mass is 16.3. The zero-order chi connectivity index (χ0) is 12.4. The first-order valence-corrected chi connectivity index (χ1v) is 6.19. The Bertz CT molecular complexity index is 399. The summed E-state index contributed by atoms with van der Waals surface area (Å²) in [7, 11) is 0. The standard InChI is InChI=1S/C14H19NO2/c1-3-11-4-6-13(7-5-11)15-10(2)12(9-16)8-14(15)17/h4-7,10,12,16H,3,8-9H2,1-2H3. The lowest BCUT2D eigenvalue weighted by Gasteiger charge is -2.24. The summed E-state index contributed by atoms with van der Waals surface area (Å²) in [5.74, 6) is 0.175. The third-order valence-corrected chi connectivity index (χ3v) is 3.65. The number of carbonyl (C=O) groups excluding carboxylic acids is 1. The number of anilines is 1. The second-order valence-electron chi connectivity index (χ2n) is 4.67. The molecular formula is C14H19NO2. The molecule has 0 radical (unpaired) electrons. The van der Waals surface area contributed by atoms with Gasteiger partial charge in [0.05, 0.1) is 0 Å². The molecular weight excluding hydrogens is 214 g/mol. The molecule has 3 heteroatoms. The van der Waals surface area contributed by atoms with Crippen LogP contribution in [0.25, 0.3) is 0 Å². The Morgan fingerprint density at radius 2 is 2.00 bits per heavy atom. The van der Waals surface area contributed by atoms with Gasteiger partial charge in [-0.05, 0) is 31.0 Å². The molecule has 1 aliphatic heterocycles. The zero-order valence-electron chi connectivity index (χ0n) is 10.4. The molecule has 1 N–H and O–H groups in total. The van der Waals surface area contributed by atoms with Crippen LogP contribution in [-0.4, -0.2) is 23.7 Å². The van der Waals surface area contributed by atoms with E-state index in [-0.39, 0.29) is 24.5 Å². The highest BCUT2D eigenvalue weighted by molar-refractivity contribution is 5.96. The van der Waals surface area contributed by atoms with Gasteiger partial charge in [0.15, 0.2) is 0 Å². The van der Waals surface area contributed by atoms with E-state index in [2.05, 4.69) is 19.1 Å². The van der Waals surface area contributed by atoms with E-state index in [0.717, 1.165) is 12.1 Å². The summed E-state index contributed by atoms with van der Waals surface area (Å²) in [6.07, 6.45) is 1.45. The molecule has 1 heterocycles. The van der Waals surface area contributed by atoms with Crippen molar-refractivity contribution in [3.63, 3.8) is 0 Å². The molecule has 1 fully saturated rings. The summed E-state index contributed by atoms with van der Waals surface area (Å²) in [5.41, 5.74) is 2.21. The number of aryl methyl sites for hydroxylation is 1. The fourth-order valence-electron chi connectivity index (χ4n) is 2.42. The Morgan fingerprint density at radius 1 is 1.35 bits per heavy atom. The van der Waals surface area contributed by atoms with Crippen LogP contribution >= 0.6 is 0 Å². The average molecular weight is 233 g/mol. The Labute approximate surface area is 102 Å². The molecule has 2 atom stereocenters. The number of benzene rings is 1. The number of amides is 1. The Hall–Kier alpha value is -1.35. The summed E-state index contributed by atoms with van der Waals surface area (Å²) in [6, 6.07) is 8.18. The first kappa shape index (κ1) is 12.1. The number of aliphatic hydroxyl groups is 1. The van der Waals surface area contributed by atoms with Crippen molar-refractivity contribution in [1.29, 1.82) is 0 Å². The van der Waals surface area contributed by atoms with Crippen LogP contribution in [0.15, 0.2) is 24.3 Å². The molecule has 1 aliphatic rings. The van der Waals surface area contributed by atoms with Gasteiger partial charge in [0.2, 0.25) is 5.91 Å². The molecule has 0 saturated carbocycles. The van der Waals surface area contributed by atoms with Gasteiger partial charge < -0.3 is 10.0 Å². The number of nitrogens with zero attached hydrogens (tertiary/aromatic N) is 1. The van der Waals surface area contributed by atoms with E-state index in [9.17, 15) is 9.90 Å². The highest BCUT2D eigenvalue weighted by Gasteiger charge is 2.36. The van der Waals surface area contributed by atoms with E-state index in [1.807, 2.05) is 19.1 Å². The van der Waals surface area contributed by atoms with Crippen LogP contribution < -0.4 is 4.90 Å². The molecule has 1 aromatic carbocycles. The Kier molecular flexibility index (Phi) is 3.48. The predicted molar refractivity (Wildman–Crippen MR) is 68.0 cm³/mol. The van der Waals surface area contributed by atoms with Gasteiger partial charge in [-0.3, -0.25) is 4.79 Å². The van der Waals surface area contributed by atoms with Gasteiger partial charge in [-0.1, -0.05) is 19.1 Å². The maximum absolute atomic E-state index is 11.9. The first-order valence-electron chi connectivity index (χ1n) is 6.19. The number of carbonyl (C=O) groups is 1. The number of hydrogen-bond acceptors (Lipinski definition) is 2. The molecule has 1 amide bonds. The topological polar surface area (TPSA) is 40.5 Å². The summed E-state index contributed by atoms with van der Waals surface area (Å²) < 4.78 is 0. The van der Waals surface area contributed by atoms with Crippen LogP contribution in [0.1, 0.15) is 25.8 Å². The third kappa shape index (κ3) is 2.20. The normalized spacial score (nSPS) is 24.4. The van der Waals surface area contributed by atoms with Gasteiger partial charge in [0.25, 0.3) is 0 Å². The molecule has 0 aromatic heterocycles. The lowest BCUT2D eigenvalue weighted by Crippen LogP contribution is -2.33. The fraction of sp³-hybridized carbons (Fsp3) is 0.500. The van der Waals surface area contributed by atoms with Crippen molar-refractivity contribution in [2.24, 2.45) is 5.92 Å². The van der Waals surface area contributed by atoms with Gasteiger partial charge in [-0.2, -0.15) is 0 Å². The molecule has 2 rings (SSSR count). The summed E-state index contributed by atoms with van der Waals surface area (Å²) in [5, 5.41) is 9.22. The minimum absolute atomic E-state index is 0.0633. The maximum atomic E-state index is 11.9. The van der Waals surface area contributed by atoms with Crippen LogP contribution in [0.3, 0.4) is 0 Å². The number of hydrogen-bond donors (Lipinski definition) is 1. The molecule has 0 spiro atoms. The fourth-order valence-corrected chi connectivity index (χ4v) is 2.42. The molecule has 2 unspecified atom stereocenters. The minimum Gasteiger partial charge on any atom is -0.396 e. The van der Waals surface area contributed by atoms with Crippen LogP contribution in [0, 0.1) is 5.92 Å². The second-order valence-corrected chi connectivity index (χ2v) is 4.67. The molecule has 0 bridgehead atoms. The lowest BCUT2D eigenvalue weighted by molar-refractivity contribution is -0.117. The maximum Gasteiger partial charge on any atom is 0.227 e. The van der Waals surface area contributed by atoms with E-state index in [4.69, 9.17) is 0 Å². The predicted octanol–water partition coefficient (Wildman–Crippen LogP) is 1.98. The van der Waals surface area contributed by atoms with Crippen molar-refractivity contribution in [1.82, 2.24) is 0 Å². The summed E-state index contributed by atoms with van der Waals surface area (Å²) in [6.45, 7) is 4.19.